The number of hydrogen-bond donors (Lipinski definition) is 1. The molecule has 19 heavy (non-hydrogen) atoms. The third-order valence-electron chi connectivity index (χ3n) is 2.93. The molecule has 100 valence electrons. The normalized spacial score (nSPS) is 12.2. The van der Waals surface area contributed by atoms with Gasteiger partial charge in [-0.05, 0) is 43.2 Å². The van der Waals surface area contributed by atoms with Crippen LogP contribution in [-0.2, 0) is 6.42 Å². The van der Waals surface area contributed by atoms with Crippen LogP contribution in [-0.4, -0.2) is 5.91 Å². The lowest BCUT2D eigenvalue weighted by atomic mass is 10.1. The van der Waals surface area contributed by atoms with Gasteiger partial charge in [0.2, 0.25) is 0 Å². The molecule has 1 N–H and O–H groups in total. The first-order valence-corrected chi connectivity index (χ1v) is 7.86. The lowest BCUT2D eigenvalue weighted by Gasteiger charge is -2.13. The molecule has 1 heterocycles. The Morgan fingerprint density at radius 2 is 2.16 bits per heavy atom. The van der Waals surface area contributed by atoms with Crippen molar-refractivity contribution < 1.29 is 4.79 Å². The van der Waals surface area contributed by atoms with Crippen LogP contribution in [0.15, 0.2) is 40.9 Å². The molecule has 1 amide bonds. The summed E-state index contributed by atoms with van der Waals surface area (Å²) in [5.41, 5.74) is 1.09. The quantitative estimate of drug-likeness (QED) is 0.870. The van der Waals surface area contributed by atoms with Crippen LogP contribution >= 0.6 is 27.3 Å². The third kappa shape index (κ3) is 3.67. The number of amides is 1. The summed E-state index contributed by atoms with van der Waals surface area (Å²) in [5.74, 6) is -0.00262. The van der Waals surface area contributed by atoms with Crippen LogP contribution in [0, 0.1) is 0 Å². The van der Waals surface area contributed by atoms with E-state index in [1.54, 1.807) is 11.3 Å². The van der Waals surface area contributed by atoms with Gasteiger partial charge >= 0.3 is 0 Å². The maximum atomic E-state index is 12.1. The molecule has 1 aromatic carbocycles. The molecule has 2 rings (SSSR count). The largest absolute Gasteiger partial charge is 0.345 e. The molecule has 0 aliphatic rings. The number of halogens is 1. The maximum absolute atomic E-state index is 12.1. The molecule has 2 aromatic rings. The second kappa shape index (κ2) is 6.35. The van der Waals surface area contributed by atoms with Crippen molar-refractivity contribution in [2.45, 2.75) is 26.3 Å². The molecule has 1 unspecified atom stereocenters. The smallest absolute Gasteiger partial charge is 0.261 e. The van der Waals surface area contributed by atoms with Crippen LogP contribution in [0.2, 0.25) is 0 Å². The van der Waals surface area contributed by atoms with Crippen molar-refractivity contribution in [1.29, 1.82) is 0 Å². The van der Waals surface area contributed by atoms with Crippen molar-refractivity contribution >= 4 is 33.2 Å². The minimum atomic E-state index is -0.00262. The zero-order valence-electron chi connectivity index (χ0n) is 10.9. The highest BCUT2D eigenvalue weighted by atomic mass is 79.9. The number of aryl methyl sites for hydroxylation is 1. The Labute approximate surface area is 126 Å². The lowest BCUT2D eigenvalue weighted by Crippen LogP contribution is -2.25. The number of nitrogens with one attached hydrogen (secondary N) is 1. The van der Waals surface area contributed by atoms with Crippen molar-refractivity contribution in [3.63, 3.8) is 0 Å². The minimum Gasteiger partial charge on any atom is -0.345 e. The van der Waals surface area contributed by atoms with E-state index in [2.05, 4.69) is 28.2 Å². The third-order valence-corrected chi connectivity index (χ3v) is 4.65. The van der Waals surface area contributed by atoms with E-state index in [1.807, 2.05) is 43.3 Å². The molecular formula is C15H16BrNOS. The van der Waals surface area contributed by atoms with E-state index in [1.165, 1.54) is 4.88 Å². The Bertz CT molecular complexity index is 579. The lowest BCUT2D eigenvalue weighted by molar-refractivity contribution is 0.0944. The molecule has 0 saturated carbocycles. The van der Waals surface area contributed by atoms with Crippen LogP contribution in [0.5, 0.6) is 0 Å². The SMILES string of the molecule is CCc1ccc(C(=O)NC(C)c2cccc(Br)c2)s1. The Balaban J connectivity index is 2.06. The standard InChI is InChI=1S/C15H16BrNOS/c1-3-13-7-8-14(19-13)15(18)17-10(2)11-5-4-6-12(16)9-11/h4-10H,3H2,1-2H3,(H,17,18). The number of carbonyl (C=O) groups is 1. The van der Waals surface area contributed by atoms with Gasteiger partial charge in [0, 0.05) is 9.35 Å². The molecule has 4 heteroatoms. The van der Waals surface area contributed by atoms with Crippen LogP contribution in [0.25, 0.3) is 0 Å². The predicted octanol–water partition coefficient (Wildman–Crippen LogP) is 4.56. The van der Waals surface area contributed by atoms with Crippen molar-refractivity contribution in [2.24, 2.45) is 0 Å². The number of benzene rings is 1. The van der Waals surface area contributed by atoms with Crippen molar-refractivity contribution in [3.8, 4) is 0 Å². The van der Waals surface area contributed by atoms with Gasteiger partial charge in [0.1, 0.15) is 0 Å². The molecule has 0 aliphatic carbocycles. The fraction of sp³-hybridized carbons (Fsp3) is 0.267. The van der Waals surface area contributed by atoms with Crippen LogP contribution in [0.1, 0.15) is 40.0 Å². The molecule has 0 fully saturated rings. The van der Waals surface area contributed by atoms with Crippen molar-refractivity contribution in [1.82, 2.24) is 5.32 Å². The van der Waals surface area contributed by atoms with E-state index in [0.717, 1.165) is 21.3 Å². The van der Waals surface area contributed by atoms with E-state index >= 15 is 0 Å². The van der Waals surface area contributed by atoms with Crippen molar-refractivity contribution in [2.75, 3.05) is 0 Å². The van der Waals surface area contributed by atoms with Crippen LogP contribution in [0.3, 0.4) is 0 Å². The Kier molecular flexibility index (Phi) is 4.77. The van der Waals surface area contributed by atoms with E-state index in [4.69, 9.17) is 0 Å². The fourth-order valence-electron chi connectivity index (χ4n) is 1.82. The van der Waals surface area contributed by atoms with Gasteiger partial charge in [-0.25, -0.2) is 0 Å². The van der Waals surface area contributed by atoms with Gasteiger partial charge in [0.05, 0.1) is 10.9 Å². The summed E-state index contributed by atoms with van der Waals surface area (Å²) >= 11 is 5.00. The Hall–Kier alpha value is -1.13. The van der Waals surface area contributed by atoms with Gasteiger partial charge in [-0.15, -0.1) is 11.3 Å². The van der Waals surface area contributed by atoms with Gasteiger partial charge in [0.15, 0.2) is 0 Å². The highest BCUT2D eigenvalue weighted by Crippen LogP contribution is 2.20. The summed E-state index contributed by atoms with van der Waals surface area (Å²) in [5, 5.41) is 3.03. The highest BCUT2D eigenvalue weighted by molar-refractivity contribution is 9.10. The number of thiophene rings is 1. The molecule has 0 aliphatic heterocycles. The summed E-state index contributed by atoms with van der Waals surface area (Å²) in [6.45, 7) is 4.09. The summed E-state index contributed by atoms with van der Waals surface area (Å²) in [6.07, 6.45) is 0.971. The molecule has 0 saturated heterocycles. The molecule has 0 bridgehead atoms. The van der Waals surface area contributed by atoms with Gasteiger partial charge in [-0.1, -0.05) is 35.0 Å². The van der Waals surface area contributed by atoms with Gasteiger partial charge < -0.3 is 5.32 Å². The summed E-state index contributed by atoms with van der Waals surface area (Å²) in [4.78, 5) is 14.1. The molecule has 0 radical (unpaired) electrons. The average molecular weight is 338 g/mol. The molecule has 1 aromatic heterocycles. The van der Waals surface area contributed by atoms with E-state index in [9.17, 15) is 4.79 Å². The second-order valence-electron chi connectivity index (χ2n) is 4.37. The monoisotopic (exact) mass is 337 g/mol. The second-order valence-corrected chi connectivity index (χ2v) is 6.45. The summed E-state index contributed by atoms with van der Waals surface area (Å²) in [7, 11) is 0. The zero-order chi connectivity index (χ0) is 13.8. The first kappa shape index (κ1) is 14.3. The van der Waals surface area contributed by atoms with Crippen LogP contribution < -0.4 is 5.32 Å². The maximum Gasteiger partial charge on any atom is 0.261 e. The molecular weight excluding hydrogens is 322 g/mol. The zero-order valence-corrected chi connectivity index (χ0v) is 13.3. The number of hydrogen-bond acceptors (Lipinski definition) is 2. The Morgan fingerprint density at radius 3 is 2.79 bits per heavy atom. The summed E-state index contributed by atoms with van der Waals surface area (Å²) in [6, 6.07) is 11.9. The molecule has 2 nitrogen and oxygen atoms in total. The number of rotatable bonds is 4. The van der Waals surface area contributed by atoms with Gasteiger partial charge in [-0.3, -0.25) is 4.79 Å². The average Bonchev–Trinajstić information content (AvgIpc) is 2.87. The van der Waals surface area contributed by atoms with E-state index < -0.39 is 0 Å². The van der Waals surface area contributed by atoms with Gasteiger partial charge in [0.25, 0.3) is 5.91 Å². The Morgan fingerprint density at radius 1 is 1.37 bits per heavy atom. The van der Waals surface area contributed by atoms with E-state index in [0.29, 0.717) is 0 Å². The molecule has 1 atom stereocenters. The summed E-state index contributed by atoms with van der Waals surface area (Å²) < 4.78 is 1.02. The minimum absolute atomic E-state index is 0.00261. The fourth-order valence-corrected chi connectivity index (χ4v) is 3.08. The van der Waals surface area contributed by atoms with E-state index in [-0.39, 0.29) is 11.9 Å². The first-order valence-electron chi connectivity index (χ1n) is 6.25. The van der Waals surface area contributed by atoms with Crippen LogP contribution in [0.4, 0.5) is 0 Å². The highest BCUT2D eigenvalue weighted by Gasteiger charge is 2.13. The first-order chi connectivity index (χ1) is 9.10. The predicted molar refractivity (Wildman–Crippen MR) is 83.7 cm³/mol. The molecule has 0 spiro atoms. The topological polar surface area (TPSA) is 29.1 Å². The van der Waals surface area contributed by atoms with Gasteiger partial charge in [-0.2, -0.15) is 0 Å². The number of carbonyl (C=O) groups excluding carboxylic acids is 1. The van der Waals surface area contributed by atoms with Crippen molar-refractivity contribution in [3.05, 3.63) is 56.2 Å².